The molecule has 0 aromatic carbocycles. The zero-order valence-corrected chi connectivity index (χ0v) is 10.2. The van der Waals surface area contributed by atoms with Crippen LogP contribution in [0.5, 0.6) is 0 Å². The van der Waals surface area contributed by atoms with Crippen LogP contribution in [0.15, 0.2) is 0 Å². The van der Waals surface area contributed by atoms with E-state index in [1.165, 1.54) is 51.5 Å². The summed E-state index contributed by atoms with van der Waals surface area (Å²) >= 11 is 0. The fourth-order valence-electron chi connectivity index (χ4n) is 2.62. The molecule has 2 unspecified atom stereocenters. The highest BCUT2D eigenvalue weighted by molar-refractivity contribution is 4.88. The molecule has 2 atom stereocenters. The van der Waals surface area contributed by atoms with Crippen molar-refractivity contribution < 1.29 is 0 Å². The Morgan fingerprint density at radius 1 is 1.29 bits per heavy atom. The van der Waals surface area contributed by atoms with Crippen LogP contribution in [0.25, 0.3) is 0 Å². The SMILES string of the molecule is CCCCC(C)(CC)C1CCCCN1. The van der Waals surface area contributed by atoms with Gasteiger partial charge in [-0.3, -0.25) is 0 Å². The molecule has 1 heterocycles. The zero-order valence-electron chi connectivity index (χ0n) is 10.2. The standard InChI is InChI=1S/C13H27N/c1-4-6-10-13(3,5-2)12-9-7-8-11-14-12/h12,14H,4-11H2,1-3H3. The monoisotopic (exact) mass is 197 g/mol. The molecule has 1 N–H and O–H groups in total. The molecule has 0 amide bonds. The Labute approximate surface area is 89.7 Å². The second-order valence-corrected chi connectivity index (χ2v) is 5.11. The van der Waals surface area contributed by atoms with Crippen LogP contribution in [-0.4, -0.2) is 12.6 Å². The van der Waals surface area contributed by atoms with E-state index in [4.69, 9.17) is 0 Å². The minimum atomic E-state index is 0.552. The Bertz CT molecular complexity index is 149. The summed E-state index contributed by atoms with van der Waals surface area (Å²) in [6, 6.07) is 0.785. The lowest BCUT2D eigenvalue weighted by atomic mass is 9.73. The van der Waals surface area contributed by atoms with Crippen LogP contribution >= 0.6 is 0 Å². The Kier molecular flexibility index (Phi) is 4.94. The molecular weight excluding hydrogens is 170 g/mol. The Balaban J connectivity index is 2.47. The van der Waals surface area contributed by atoms with Crippen molar-refractivity contribution in [2.24, 2.45) is 5.41 Å². The largest absolute Gasteiger partial charge is 0.313 e. The summed E-state index contributed by atoms with van der Waals surface area (Å²) in [6.45, 7) is 8.37. The molecule has 0 saturated carbocycles. The maximum absolute atomic E-state index is 3.72. The molecule has 84 valence electrons. The van der Waals surface area contributed by atoms with Crippen molar-refractivity contribution in [2.75, 3.05) is 6.54 Å². The molecule has 0 aromatic rings. The van der Waals surface area contributed by atoms with E-state index in [-0.39, 0.29) is 0 Å². The Morgan fingerprint density at radius 2 is 2.07 bits per heavy atom. The van der Waals surface area contributed by atoms with Crippen molar-refractivity contribution >= 4 is 0 Å². The van der Waals surface area contributed by atoms with Gasteiger partial charge < -0.3 is 5.32 Å². The van der Waals surface area contributed by atoms with Gasteiger partial charge in [-0.1, -0.05) is 40.0 Å². The van der Waals surface area contributed by atoms with Gasteiger partial charge in [-0.15, -0.1) is 0 Å². The van der Waals surface area contributed by atoms with Crippen LogP contribution in [0.1, 0.15) is 65.7 Å². The molecular formula is C13H27N. The predicted octanol–water partition coefficient (Wildman–Crippen LogP) is 3.74. The van der Waals surface area contributed by atoms with E-state index >= 15 is 0 Å². The van der Waals surface area contributed by atoms with Gasteiger partial charge in [0.1, 0.15) is 0 Å². The van der Waals surface area contributed by atoms with Gasteiger partial charge in [0, 0.05) is 6.04 Å². The van der Waals surface area contributed by atoms with Crippen molar-refractivity contribution in [3.63, 3.8) is 0 Å². The number of hydrogen-bond acceptors (Lipinski definition) is 1. The molecule has 1 aliphatic heterocycles. The summed E-state index contributed by atoms with van der Waals surface area (Å²) in [4.78, 5) is 0. The highest BCUT2D eigenvalue weighted by Gasteiger charge is 2.32. The van der Waals surface area contributed by atoms with Gasteiger partial charge in [0.2, 0.25) is 0 Å². The Hall–Kier alpha value is -0.0400. The molecule has 1 rings (SSSR count). The Morgan fingerprint density at radius 3 is 2.57 bits per heavy atom. The summed E-state index contributed by atoms with van der Waals surface area (Å²) in [5, 5.41) is 3.72. The smallest absolute Gasteiger partial charge is 0.0121 e. The maximum Gasteiger partial charge on any atom is 0.0121 e. The van der Waals surface area contributed by atoms with E-state index in [1.54, 1.807) is 0 Å². The van der Waals surface area contributed by atoms with Gasteiger partial charge in [0.05, 0.1) is 0 Å². The lowest BCUT2D eigenvalue weighted by Gasteiger charge is -2.40. The van der Waals surface area contributed by atoms with Gasteiger partial charge in [0.15, 0.2) is 0 Å². The number of piperidine rings is 1. The molecule has 1 fully saturated rings. The summed E-state index contributed by atoms with van der Waals surface area (Å²) < 4.78 is 0. The second-order valence-electron chi connectivity index (χ2n) is 5.11. The van der Waals surface area contributed by atoms with Crippen molar-refractivity contribution in [2.45, 2.75) is 71.8 Å². The van der Waals surface area contributed by atoms with E-state index in [0.29, 0.717) is 5.41 Å². The van der Waals surface area contributed by atoms with Gasteiger partial charge in [-0.05, 0) is 37.6 Å². The van der Waals surface area contributed by atoms with E-state index in [2.05, 4.69) is 26.1 Å². The van der Waals surface area contributed by atoms with Crippen LogP contribution in [0.4, 0.5) is 0 Å². The van der Waals surface area contributed by atoms with Crippen LogP contribution in [0.2, 0.25) is 0 Å². The maximum atomic E-state index is 3.72. The number of nitrogens with one attached hydrogen (secondary N) is 1. The predicted molar refractivity (Wildman–Crippen MR) is 63.6 cm³/mol. The molecule has 1 saturated heterocycles. The molecule has 0 aromatic heterocycles. The van der Waals surface area contributed by atoms with Gasteiger partial charge >= 0.3 is 0 Å². The number of rotatable bonds is 5. The summed E-state index contributed by atoms with van der Waals surface area (Å²) in [5.74, 6) is 0. The number of hydrogen-bond donors (Lipinski definition) is 1. The molecule has 0 spiro atoms. The first-order valence-electron chi connectivity index (χ1n) is 6.46. The average Bonchev–Trinajstić information content (AvgIpc) is 2.27. The molecule has 14 heavy (non-hydrogen) atoms. The first-order chi connectivity index (χ1) is 6.73. The second kappa shape index (κ2) is 5.75. The van der Waals surface area contributed by atoms with Gasteiger partial charge in [-0.2, -0.15) is 0 Å². The highest BCUT2D eigenvalue weighted by Crippen LogP contribution is 2.35. The van der Waals surface area contributed by atoms with Crippen LogP contribution < -0.4 is 5.32 Å². The third-order valence-electron chi connectivity index (χ3n) is 4.06. The average molecular weight is 197 g/mol. The van der Waals surface area contributed by atoms with Crippen LogP contribution in [0, 0.1) is 5.41 Å². The molecule has 1 aliphatic rings. The van der Waals surface area contributed by atoms with Gasteiger partial charge in [0.25, 0.3) is 0 Å². The fraction of sp³-hybridized carbons (Fsp3) is 1.00. The number of unbranched alkanes of at least 4 members (excludes halogenated alkanes) is 1. The van der Waals surface area contributed by atoms with Gasteiger partial charge in [-0.25, -0.2) is 0 Å². The zero-order chi connectivity index (χ0) is 10.4. The minimum absolute atomic E-state index is 0.552. The van der Waals surface area contributed by atoms with E-state index in [9.17, 15) is 0 Å². The van der Waals surface area contributed by atoms with E-state index < -0.39 is 0 Å². The molecule has 1 heteroatoms. The van der Waals surface area contributed by atoms with E-state index in [1.807, 2.05) is 0 Å². The quantitative estimate of drug-likeness (QED) is 0.708. The molecule has 0 radical (unpaired) electrons. The summed E-state index contributed by atoms with van der Waals surface area (Å²) in [7, 11) is 0. The fourth-order valence-corrected chi connectivity index (χ4v) is 2.62. The van der Waals surface area contributed by atoms with E-state index in [0.717, 1.165) is 6.04 Å². The summed E-state index contributed by atoms with van der Waals surface area (Å²) in [5.41, 5.74) is 0.552. The van der Waals surface area contributed by atoms with Crippen molar-refractivity contribution in [1.82, 2.24) is 5.32 Å². The van der Waals surface area contributed by atoms with Crippen molar-refractivity contribution in [1.29, 1.82) is 0 Å². The molecule has 0 bridgehead atoms. The lowest BCUT2D eigenvalue weighted by Crippen LogP contribution is -2.46. The molecule has 0 aliphatic carbocycles. The lowest BCUT2D eigenvalue weighted by molar-refractivity contribution is 0.157. The van der Waals surface area contributed by atoms with Crippen LogP contribution in [-0.2, 0) is 0 Å². The summed E-state index contributed by atoms with van der Waals surface area (Å²) in [6.07, 6.45) is 9.66. The highest BCUT2D eigenvalue weighted by atomic mass is 14.9. The minimum Gasteiger partial charge on any atom is -0.313 e. The third kappa shape index (κ3) is 2.98. The topological polar surface area (TPSA) is 12.0 Å². The first kappa shape index (κ1) is 12.0. The third-order valence-corrected chi connectivity index (χ3v) is 4.06. The van der Waals surface area contributed by atoms with Crippen LogP contribution in [0.3, 0.4) is 0 Å². The first-order valence-corrected chi connectivity index (χ1v) is 6.46. The van der Waals surface area contributed by atoms with Crippen molar-refractivity contribution in [3.05, 3.63) is 0 Å². The molecule has 1 nitrogen and oxygen atoms in total. The van der Waals surface area contributed by atoms with Crippen molar-refractivity contribution in [3.8, 4) is 0 Å². The normalized spacial score (nSPS) is 27.2.